The zero-order chi connectivity index (χ0) is 7.82. The summed E-state index contributed by atoms with van der Waals surface area (Å²) in [5, 5.41) is 8.50. The molecule has 10 heavy (non-hydrogen) atoms. The smallest absolute Gasteiger partial charge is 0.0445 e. The highest BCUT2D eigenvalue weighted by Gasteiger charge is 1.97. The van der Waals surface area contributed by atoms with Crippen LogP contribution in [0.25, 0.3) is 0 Å². The molecule has 0 saturated heterocycles. The zero-order valence-corrected chi connectivity index (χ0v) is 6.59. The molecule has 0 aliphatic rings. The first-order valence-electron chi connectivity index (χ1n) is 3.78. The lowest BCUT2D eigenvalue weighted by Crippen LogP contribution is -2.20. The number of rotatable bonds is 5. The molecule has 0 aromatic carbocycles. The average molecular weight is 143 g/mol. The minimum atomic E-state index is 0.168. The molecule has 0 aliphatic carbocycles. The van der Waals surface area contributed by atoms with Crippen molar-refractivity contribution in [2.24, 2.45) is 5.73 Å². The van der Waals surface area contributed by atoms with E-state index in [9.17, 15) is 0 Å². The van der Waals surface area contributed by atoms with Crippen LogP contribution in [0.2, 0.25) is 0 Å². The predicted molar refractivity (Wildman–Crippen MR) is 43.7 cm³/mol. The van der Waals surface area contributed by atoms with E-state index >= 15 is 0 Å². The van der Waals surface area contributed by atoms with Gasteiger partial charge in [0.15, 0.2) is 0 Å². The van der Waals surface area contributed by atoms with Gasteiger partial charge in [0.2, 0.25) is 0 Å². The molecule has 2 heteroatoms. The highest BCUT2D eigenvalue weighted by Crippen LogP contribution is 1.98. The van der Waals surface area contributed by atoms with Gasteiger partial charge in [0.1, 0.15) is 0 Å². The summed E-state index contributed by atoms with van der Waals surface area (Å²) in [4.78, 5) is 0. The highest BCUT2D eigenvalue weighted by molar-refractivity contribution is 4.78. The molecule has 0 radical (unpaired) electrons. The van der Waals surface area contributed by atoms with Crippen molar-refractivity contribution in [3.8, 4) is 0 Å². The fourth-order valence-corrected chi connectivity index (χ4v) is 0.787. The molecule has 0 spiro atoms. The molecule has 0 heterocycles. The van der Waals surface area contributed by atoms with Gasteiger partial charge in [0, 0.05) is 12.6 Å². The first-order valence-corrected chi connectivity index (χ1v) is 3.78. The Hall–Kier alpha value is -0.340. The van der Waals surface area contributed by atoms with Crippen LogP contribution in [0.5, 0.6) is 0 Å². The van der Waals surface area contributed by atoms with E-state index in [2.05, 4.69) is 6.08 Å². The summed E-state index contributed by atoms with van der Waals surface area (Å²) >= 11 is 0. The Morgan fingerprint density at radius 2 is 2.20 bits per heavy atom. The van der Waals surface area contributed by atoms with E-state index in [1.165, 1.54) is 0 Å². The Kier molecular flexibility index (Phi) is 6.55. The molecule has 0 aromatic heterocycles. The Morgan fingerprint density at radius 3 is 2.70 bits per heavy atom. The number of aliphatic hydroxyl groups is 1. The molecule has 3 N–H and O–H groups in total. The van der Waals surface area contributed by atoms with Gasteiger partial charge in [0.25, 0.3) is 0 Å². The first-order chi connectivity index (χ1) is 4.81. The third-order valence-corrected chi connectivity index (χ3v) is 1.44. The van der Waals surface area contributed by atoms with Gasteiger partial charge in [-0.1, -0.05) is 12.2 Å². The van der Waals surface area contributed by atoms with Gasteiger partial charge in [-0.15, -0.1) is 0 Å². The van der Waals surface area contributed by atoms with Crippen LogP contribution >= 0.6 is 0 Å². The van der Waals surface area contributed by atoms with Crippen LogP contribution in [-0.2, 0) is 0 Å². The molecule has 0 saturated carbocycles. The van der Waals surface area contributed by atoms with E-state index in [1.807, 2.05) is 13.0 Å². The molecule has 0 fully saturated rings. The lowest BCUT2D eigenvalue weighted by atomic mass is 10.1. The van der Waals surface area contributed by atoms with Crippen molar-refractivity contribution in [1.29, 1.82) is 0 Å². The minimum absolute atomic E-state index is 0.168. The number of nitrogens with two attached hydrogens (primary N) is 1. The number of hydrogen-bond acceptors (Lipinski definition) is 2. The van der Waals surface area contributed by atoms with Crippen LogP contribution in [0.15, 0.2) is 12.2 Å². The van der Waals surface area contributed by atoms with Gasteiger partial charge in [0.05, 0.1) is 0 Å². The monoisotopic (exact) mass is 143 g/mol. The molecule has 0 aliphatic heterocycles. The van der Waals surface area contributed by atoms with E-state index in [1.54, 1.807) is 0 Å². The lowest BCUT2D eigenvalue weighted by molar-refractivity contribution is 0.273. The summed E-state index contributed by atoms with van der Waals surface area (Å²) in [5.74, 6) is 0. The van der Waals surface area contributed by atoms with E-state index in [0.29, 0.717) is 0 Å². The summed E-state index contributed by atoms with van der Waals surface area (Å²) in [6.45, 7) is 2.20. The zero-order valence-electron chi connectivity index (χ0n) is 6.59. The first kappa shape index (κ1) is 9.66. The van der Waals surface area contributed by atoms with Crippen LogP contribution in [0.3, 0.4) is 0 Å². The van der Waals surface area contributed by atoms with Crippen LogP contribution in [0.1, 0.15) is 26.2 Å². The highest BCUT2D eigenvalue weighted by atomic mass is 16.3. The van der Waals surface area contributed by atoms with Crippen molar-refractivity contribution in [3.05, 3.63) is 12.2 Å². The Morgan fingerprint density at radius 1 is 1.50 bits per heavy atom. The number of allylic oxidation sites excluding steroid dienone is 2. The molecule has 1 atom stereocenters. The Bertz CT molecular complexity index is 91.3. The second kappa shape index (κ2) is 6.78. The normalized spacial score (nSPS) is 14.3. The molecule has 0 amide bonds. The molecular formula is C8H17NO. The van der Waals surface area contributed by atoms with E-state index in [-0.39, 0.29) is 12.6 Å². The Labute approximate surface area is 62.7 Å². The van der Waals surface area contributed by atoms with Gasteiger partial charge in [-0.05, 0) is 26.2 Å². The van der Waals surface area contributed by atoms with E-state index < -0.39 is 0 Å². The maximum absolute atomic E-state index is 8.50. The summed E-state index contributed by atoms with van der Waals surface area (Å²) in [5.41, 5.74) is 5.63. The predicted octanol–water partition coefficient (Wildman–Crippen LogP) is 1.05. The lowest BCUT2D eigenvalue weighted by Gasteiger charge is -2.06. The van der Waals surface area contributed by atoms with Crippen LogP contribution < -0.4 is 5.73 Å². The van der Waals surface area contributed by atoms with Crippen LogP contribution in [0, 0.1) is 0 Å². The standard InChI is InChI=1S/C8H17NO/c1-2-3-4-5-8(9)6-7-10/h2-3,8,10H,4-7,9H2,1H3/b3-2+. The van der Waals surface area contributed by atoms with E-state index in [0.717, 1.165) is 19.3 Å². The van der Waals surface area contributed by atoms with Crippen molar-refractivity contribution < 1.29 is 5.11 Å². The molecule has 60 valence electrons. The van der Waals surface area contributed by atoms with Gasteiger partial charge in [-0.3, -0.25) is 0 Å². The van der Waals surface area contributed by atoms with Gasteiger partial charge >= 0.3 is 0 Å². The van der Waals surface area contributed by atoms with Crippen molar-refractivity contribution in [3.63, 3.8) is 0 Å². The molecule has 2 nitrogen and oxygen atoms in total. The number of hydrogen-bond donors (Lipinski definition) is 2. The molecule has 1 unspecified atom stereocenters. The third kappa shape index (κ3) is 5.79. The minimum Gasteiger partial charge on any atom is -0.396 e. The number of aliphatic hydroxyl groups excluding tert-OH is 1. The SMILES string of the molecule is C/C=C/CCC(N)CCO. The quantitative estimate of drug-likeness (QED) is 0.565. The second-order valence-electron chi connectivity index (χ2n) is 2.42. The molecule has 0 rings (SSSR count). The maximum atomic E-state index is 8.50. The molecule has 0 aromatic rings. The summed E-state index contributed by atoms with van der Waals surface area (Å²) in [7, 11) is 0. The van der Waals surface area contributed by atoms with Gasteiger partial charge in [-0.2, -0.15) is 0 Å². The average Bonchev–Trinajstić information content (AvgIpc) is 1.89. The fraction of sp³-hybridized carbons (Fsp3) is 0.750. The van der Waals surface area contributed by atoms with Crippen molar-refractivity contribution in [2.75, 3.05) is 6.61 Å². The third-order valence-electron chi connectivity index (χ3n) is 1.44. The maximum Gasteiger partial charge on any atom is 0.0445 e. The van der Waals surface area contributed by atoms with Crippen molar-refractivity contribution >= 4 is 0 Å². The Balaban J connectivity index is 3.12. The van der Waals surface area contributed by atoms with Crippen LogP contribution in [-0.4, -0.2) is 17.8 Å². The molecular weight excluding hydrogens is 126 g/mol. The summed E-state index contributed by atoms with van der Waals surface area (Å²) in [6.07, 6.45) is 6.84. The molecule has 0 bridgehead atoms. The van der Waals surface area contributed by atoms with Gasteiger partial charge < -0.3 is 10.8 Å². The van der Waals surface area contributed by atoms with Crippen molar-refractivity contribution in [1.82, 2.24) is 0 Å². The summed E-state index contributed by atoms with van der Waals surface area (Å²) < 4.78 is 0. The van der Waals surface area contributed by atoms with Crippen molar-refractivity contribution in [2.45, 2.75) is 32.2 Å². The van der Waals surface area contributed by atoms with Gasteiger partial charge in [-0.25, -0.2) is 0 Å². The topological polar surface area (TPSA) is 46.2 Å². The fourth-order valence-electron chi connectivity index (χ4n) is 0.787. The second-order valence-corrected chi connectivity index (χ2v) is 2.42. The van der Waals surface area contributed by atoms with E-state index in [4.69, 9.17) is 10.8 Å². The largest absolute Gasteiger partial charge is 0.396 e. The van der Waals surface area contributed by atoms with Crippen LogP contribution in [0.4, 0.5) is 0 Å². The summed E-state index contributed by atoms with van der Waals surface area (Å²) in [6, 6.07) is 0.168.